The number of ether oxygens (including phenoxy) is 2. The van der Waals surface area contributed by atoms with Gasteiger partial charge in [0.1, 0.15) is 11.6 Å². The molecule has 2 aliphatic rings. The van der Waals surface area contributed by atoms with Gasteiger partial charge in [0.15, 0.2) is 0 Å². The van der Waals surface area contributed by atoms with E-state index in [9.17, 15) is 0 Å². The molecule has 4 heterocycles. The molecule has 0 bridgehead atoms. The van der Waals surface area contributed by atoms with E-state index in [0.717, 1.165) is 75.4 Å². The predicted octanol–water partition coefficient (Wildman–Crippen LogP) is 1.71. The Kier molecular flexibility index (Phi) is 4.90. The van der Waals surface area contributed by atoms with Crippen molar-refractivity contribution in [2.45, 2.75) is 6.92 Å². The quantitative estimate of drug-likeness (QED) is 0.898. The van der Waals surface area contributed by atoms with Crippen LogP contribution < -0.4 is 15.5 Å². The van der Waals surface area contributed by atoms with E-state index < -0.39 is 0 Å². The zero-order valence-electron chi connectivity index (χ0n) is 15.1. The SMILES string of the molecule is Cc1nc(N)ccc1-c1cc(N2CCOCC2)cc(N2CCOCC2)n1. The highest BCUT2D eigenvalue weighted by molar-refractivity contribution is 5.71. The molecule has 2 aliphatic heterocycles. The van der Waals surface area contributed by atoms with E-state index in [4.69, 9.17) is 20.2 Å². The van der Waals surface area contributed by atoms with Crippen LogP contribution in [0, 0.1) is 6.92 Å². The molecule has 2 aromatic heterocycles. The maximum atomic E-state index is 5.82. The van der Waals surface area contributed by atoms with Crippen LogP contribution in [-0.2, 0) is 9.47 Å². The molecule has 0 aromatic carbocycles. The van der Waals surface area contributed by atoms with Gasteiger partial charge in [-0.25, -0.2) is 9.97 Å². The first kappa shape index (κ1) is 17.1. The molecule has 0 radical (unpaired) electrons. The molecule has 2 saturated heterocycles. The fraction of sp³-hybridized carbons (Fsp3) is 0.474. The average molecular weight is 355 g/mol. The van der Waals surface area contributed by atoms with Crippen molar-refractivity contribution in [2.75, 3.05) is 68.1 Å². The van der Waals surface area contributed by atoms with Gasteiger partial charge in [-0.2, -0.15) is 0 Å². The molecule has 26 heavy (non-hydrogen) atoms. The molecule has 2 aromatic rings. The lowest BCUT2D eigenvalue weighted by Crippen LogP contribution is -2.38. The number of anilines is 3. The van der Waals surface area contributed by atoms with Crippen molar-refractivity contribution >= 4 is 17.3 Å². The van der Waals surface area contributed by atoms with Crippen LogP contribution >= 0.6 is 0 Å². The van der Waals surface area contributed by atoms with Crippen LogP contribution in [0.5, 0.6) is 0 Å². The Morgan fingerprint density at radius 1 is 0.885 bits per heavy atom. The first-order valence-electron chi connectivity index (χ1n) is 9.12. The number of hydrogen-bond donors (Lipinski definition) is 1. The topological polar surface area (TPSA) is 76.7 Å². The monoisotopic (exact) mass is 355 g/mol. The molecule has 0 spiro atoms. The fourth-order valence-electron chi connectivity index (χ4n) is 3.45. The second kappa shape index (κ2) is 7.47. The van der Waals surface area contributed by atoms with Crippen molar-refractivity contribution < 1.29 is 9.47 Å². The summed E-state index contributed by atoms with van der Waals surface area (Å²) in [6, 6.07) is 8.17. The predicted molar refractivity (Wildman–Crippen MR) is 103 cm³/mol. The van der Waals surface area contributed by atoms with Gasteiger partial charge in [-0.15, -0.1) is 0 Å². The van der Waals surface area contributed by atoms with E-state index in [1.165, 1.54) is 5.69 Å². The number of rotatable bonds is 3. The molecule has 2 N–H and O–H groups in total. The van der Waals surface area contributed by atoms with Crippen LogP contribution in [0.25, 0.3) is 11.3 Å². The van der Waals surface area contributed by atoms with Crippen LogP contribution in [0.3, 0.4) is 0 Å². The highest BCUT2D eigenvalue weighted by Gasteiger charge is 2.19. The molecule has 2 fully saturated rings. The molecular weight excluding hydrogens is 330 g/mol. The summed E-state index contributed by atoms with van der Waals surface area (Å²) < 4.78 is 11.0. The number of nitrogens with two attached hydrogens (primary N) is 1. The molecule has 0 saturated carbocycles. The standard InChI is InChI=1S/C19H25N5O2/c1-14-16(2-3-18(20)21-14)17-12-15(23-4-8-25-9-5-23)13-19(22-17)24-6-10-26-11-7-24/h2-3,12-13H,4-11H2,1H3,(H2,20,21). The Balaban J connectivity index is 1.76. The van der Waals surface area contributed by atoms with E-state index in [1.807, 2.05) is 19.1 Å². The summed E-state index contributed by atoms with van der Waals surface area (Å²) in [6.45, 7) is 8.47. The molecule has 0 aliphatic carbocycles. The molecule has 0 amide bonds. The van der Waals surface area contributed by atoms with Gasteiger partial charge in [0.25, 0.3) is 0 Å². The second-order valence-corrected chi connectivity index (χ2v) is 6.64. The van der Waals surface area contributed by atoms with Crippen molar-refractivity contribution in [1.82, 2.24) is 9.97 Å². The van der Waals surface area contributed by atoms with Crippen molar-refractivity contribution in [3.63, 3.8) is 0 Å². The van der Waals surface area contributed by atoms with Crippen LogP contribution in [-0.4, -0.2) is 62.6 Å². The smallest absolute Gasteiger partial charge is 0.131 e. The second-order valence-electron chi connectivity index (χ2n) is 6.64. The third-order valence-electron chi connectivity index (χ3n) is 4.89. The third-order valence-corrected chi connectivity index (χ3v) is 4.89. The van der Waals surface area contributed by atoms with Gasteiger partial charge in [0, 0.05) is 49.2 Å². The van der Waals surface area contributed by atoms with Crippen molar-refractivity contribution in [2.24, 2.45) is 0 Å². The Labute approximate surface area is 153 Å². The van der Waals surface area contributed by atoms with Gasteiger partial charge in [0.05, 0.1) is 32.1 Å². The van der Waals surface area contributed by atoms with E-state index in [0.29, 0.717) is 5.82 Å². The first-order chi connectivity index (χ1) is 12.7. The normalized spacial score (nSPS) is 18.2. The summed E-state index contributed by atoms with van der Waals surface area (Å²) >= 11 is 0. The number of nitrogen functional groups attached to an aromatic ring is 1. The Bertz CT molecular complexity index is 734. The van der Waals surface area contributed by atoms with E-state index >= 15 is 0 Å². The molecule has 0 unspecified atom stereocenters. The zero-order chi connectivity index (χ0) is 17.9. The van der Waals surface area contributed by atoms with Gasteiger partial charge in [-0.1, -0.05) is 0 Å². The lowest BCUT2D eigenvalue weighted by Gasteiger charge is -2.32. The molecule has 7 nitrogen and oxygen atoms in total. The van der Waals surface area contributed by atoms with Crippen LogP contribution in [0.1, 0.15) is 5.69 Å². The molecular formula is C19H25N5O2. The summed E-state index contributed by atoms with van der Waals surface area (Å²) in [4.78, 5) is 14.0. The summed E-state index contributed by atoms with van der Waals surface area (Å²) in [5.74, 6) is 1.52. The lowest BCUT2D eigenvalue weighted by molar-refractivity contribution is 0.122. The number of hydrogen-bond acceptors (Lipinski definition) is 7. The highest BCUT2D eigenvalue weighted by Crippen LogP contribution is 2.30. The Morgan fingerprint density at radius 3 is 2.19 bits per heavy atom. The molecule has 4 rings (SSSR count). The van der Waals surface area contributed by atoms with Gasteiger partial charge in [0.2, 0.25) is 0 Å². The minimum Gasteiger partial charge on any atom is -0.384 e. The highest BCUT2D eigenvalue weighted by atomic mass is 16.5. The number of nitrogens with zero attached hydrogens (tertiary/aromatic N) is 4. The van der Waals surface area contributed by atoms with Crippen LogP contribution in [0.15, 0.2) is 24.3 Å². The Morgan fingerprint density at radius 2 is 1.54 bits per heavy atom. The van der Waals surface area contributed by atoms with Gasteiger partial charge >= 0.3 is 0 Å². The summed E-state index contributed by atoms with van der Waals surface area (Å²) in [6.07, 6.45) is 0. The summed E-state index contributed by atoms with van der Waals surface area (Å²) in [5, 5.41) is 0. The van der Waals surface area contributed by atoms with Crippen molar-refractivity contribution in [3.8, 4) is 11.3 Å². The number of aryl methyl sites for hydroxylation is 1. The minimum atomic E-state index is 0.531. The number of pyridine rings is 2. The van der Waals surface area contributed by atoms with Crippen molar-refractivity contribution in [1.29, 1.82) is 0 Å². The van der Waals surface area contributed by atoms with E-state index in [2.05, 4.69) is 26.9 Å². The van der Waals surface area contributed by atoms with E-state index in [1.54, 1.807) is 0 Å². The van der Waals surface area contributed by atoms with Gasteiger partial charge < -0.3 is 25.0 Å². The van der Waals surface area contributed by atoms with Crippen LogP contribution in [0.2, 0.25) is 0 Å². The fourth-order valence-corrected chi connectivity index (χ4v) is 3.45. The molecule has 7 heteroatoms. The maximum Gasteiger partial charge on any atom is 0.131 e. The largest absolute Gasteiger partial charge is 0.384 e. The zero-order valence-corrected chi connectivity index (χ0v) is 15.1. The summed E-state index contributed by atoms with van der Waals surface area (Å²) in [7, 11) is 0. The number of aromatic nitrogens is 2. The third kappa shape index (κ3) is 3.59. The number of morpholine rings is 2. The molecule has 138 valence electrons. The summed E-state index contributed by atoms with van der Waals surface area (Å²) in [5.41, 5.74) is 9.84. The van der Waals surface area contributed by atoms with Gasteiger partial charge in [-0.3, -0.25) is 0 Å². The minimum absolute atomic E-state index is 0.531. The first-order valence-corrected chi connectivity index (χ1v) is 9.12. The van der Waals surface area contributed by atoms with E-state index in [-0.39, 0.29) is 0 Å². The molecule has 0 atom stereocenters. The average Bonchev–Trinajstić information content (AvgIpc) is 2.69. The van der Waals surface area contributed by atoms with Crippen molar-refractivity contribution in [3.05, 3.63) is 30.0 Å². The Hall–Kier alpha value is -2.38. The lowest BCUT2D eigenvalue weighted by atomic mass is 10.1. The van der Waals surface area contributed by atoms with Crippen LogP contribution in [0.4, 0.5) is 17.3 Å². The maximum absolute atomic E-state index is 5.82. The van der Waals surface area contributed by atoms with Gasteiger partial charge in [-0.05, 0) is 25.1 Å².